The van der Waals surface area contributed by atoms with Gasteiger partial charge in [-0.25, -0.2) is 0 Å². The van der Waals surface area contributed by atoms with Gasteiger partial charge in [-0.1, -0.05) is 31.9 Å². The monoisotopic (exact) mass is 273 g/mol. The Labute approximate surface area is 122 Å². The van der Waals surface area contributed by atoms with Gasteiger partial charge in [0, 0.05) is 12.0 Å². The van der Waals surface area contributed by atoms with Gasteiger partial charge in [0.25, 0.3) is 0 Å². The van der Waals surface area contributed by atoms with Crippen LogP contribution in [-0.2, 0) is 12.8 Å². The summed E-state index contributed by atoms with van der Waals surface area (Å²) in [6, 6.07) is 6.78. The van der Waals surface area contributed by atoms with Crippen LogP contribution in [-0.4, -0.2) is 18.7 Å². The molecule has 3 rings (SSSR count). The van der Waals surface area contributed by atoms with Crippen molar-refractivity contribution in [2.75, 3.05) is 13.2 Å². The van der Waals surface area contributed by atoms with Crippen LogP contribution in [0.4, 0.5) is 0 Å². The lowest BCUT2D eigenvalue weighted by molar-refractivity contribution is 0.283. The van der Waals surface area contributed by atoms with E-state index in [4.69, 9.17) is 4.74 Å². The van der Waals surface area contributed by atoms with Gasteiger partial charge in [-0.15, -0.1) is 0 Å². The Bertz CT molecular complexity index is 447. The third kappa shape index (κ3) is 3.01. The molecule has 1 N–H and O–H groups in total. The summed E-state index contributed by atoms with van der Waals surface area (Å²) in [6.45, 7) is 4.40. The van der Waals surface area contributed by atoms with Gasteiger partial charge >= 0.3 is 0 Å². The maximum Gasteiger partial charge on any atom is 0.122 e. The fourth-order valence-electron chi connectivity index (χ4n) is 3.68. The van der Waals surface area contributed by atoms with E-state index in [1.807, 2.05) is 0 Å². The molecular weight excluding hydrogens is 246 g/mol. The van der Waals surface area contributed by atoms with Gasteiger partial charge in [0.15, 0.2) is 0 Å². The molecule has 1 aromatic rings. The molecule has 0 aromatic heterocycles. The summed E-state index contributed by atoms with van der Waals surface area (Å²) >= 11 is 0. The predicted octanol–water partition coefficient (Wildman–Crippen LogP) is 3.87. The second-order valence-corrected chi connectivity index (χ2v) is 6.41. The third-order valence-electron chi connectivity index (χ3n) is 5.15. The Hall–Kier alpha value is -1.02. The second kappa shape index (κ2) is 6.17. The highest BCUT2D eigenvalue weighted by Crippen LogP contribution is 2.30. The van der Waals surface area contributed by atoms with Crippen LogP contribution in [0.25, 0.3) is 0 Å². The number of rotatable bonds is 4. The highest BCUT2D eigenvalue weighted by Gasteiger charge is 2.28. The smallest absolute Gasteiger partial charge is 0.122 e. The fraction of sp³-hybridized carbons (Fsp3) is 0.667. The Balaban J connectivity index is 1.65. The number of ether oxygens (including phenoxy) is 1. The van der Waals surface area contributed by atoms with Crippen molar-refractivity contribution in [3.63, 3.8) is 0 Å². The van der Waals surface area contributed by atoms with E-state index < -0.39 is 0 Å². The molecule has 1 atom stereocenters. The van der Waals surface area contributed by atoms with Crippen molar-refractivity contribution < 1.29 is 4.74 Å². The largest absolute Gasteiger partial charge is 0.493 e. The molecule has 2 heterocycles. The number of hydrogen-bond donors (Lipinski definition) is 1. The number of aryl methyl sites for hydroxylation is 1. The Morgan fingerprint density at radius 1 is 1.25 bits per heavy atom. The lowest BCUT2D eigenvalue weighted by Crippen LogP contribution is -2.44. The number of hydrogen-bond acceptors (Lipinski definition) is 2. The highest BCUT2D eigenvalue weighted by atomic mass is 16.5. The molecule has 2 heteroatoms. The number of benzene rings is 1. The minimum absolute atomic E-state index is 0.381. The molecule has 2 aliphatic heterocycles. The van der Waals surface area contributed by atoms with E-state index in [-0.39, 0.29) is 0 Å². The van der Waals surface area contributed by atoms with Gasteiger partial charge in [0.05, 0.1) is 6.61 Å². The van der Waals surface area contributed by atoms with E-state index in [1.54, 1.807) is 0 Å². The topological polar surface area (TPSA) is 21.3 Å². The van der Waals surface area contributed by atoms with Gasteiger partial charge in [-0.2, -0.15) is 0 Å². The van der Waals surface area contributed by atoms with Crippen molar-refractivity contribution in [1.82, 2.24) is 5.32 Å². The van der Waals surface area contributed by atoms with Crippen molar-refractivity contribution in [2.45, 2.75) is 63.8 Å². The Morgan fingerprint density at radius 2 is 2.20 bits per heavy atom. The Kier molecular flexibility index (Phi) is 4.30. The van der Waals surface area contributed by atoms with Crippen LogP contribution in [0.15, 0.2) is 18.2 Å². The van der Waals surface area contributed by atoms with Gasteiger partial charge in [0.1, 0.15) is 5.75 Å². The van der Waals surface area contributed by atoms with Crippen LogP contribution in [0.5, 0.6) is 5.75 Å². The molecule has 0 saturated carbocycles. The molecule has 20 heavy (non-hydrogen) atoms. The minimum atomic E-state index is 0.381. The number of fused-ring (bicyclic) bond motifs is 1. The summed E-state index contributed by atoms with van der Waals surface area (Å²) in [4.78, 5) is 0. The van der Waals surface area contributed by atoms with E-state index in [1.165, 1.54) is 62.6 Å². The van der Waals surface area contributed by atoms with Crippen LogP contribution in [0.2, 0.25) is 0 Å². The zero-order valence-electron chi connectivity index (χ0n) is 12.7. The lowest BCUT2D eigenvalue weighted by Gasteiger charge is -2.33. The van der Waals surface area contributed by atoms with Gasteiger partial charge in [0.2, 0.25) is 0 Å². The molecule has 1 saturated heterocycles. The molecule has 1 fully saturated rings. The molecule has 0 bridgehead atoms. The minimum Gasteiger partial charge on any atom is -0.493 e. The molecule has 1 unspecified atom stereocenters. The van der Waals surface area contributed by atoms with Crippen molar-refractivity contribution in [2.24, 2.45) is 0 Å². The van der Waals surface area contributed by atoms with Gasteiger partial charge in [-0.05, 0) is 55.8 Å². The van der Waals surface area contributed by atoms with Crippen LogP contribution >= 0.6 is 0 Å². The van der Waals surface area contributed by atoms with Crippen LogP contribution in [0.3, 0.4) is 0 Å². The van der Waals surface area contributed by atoms with E-state index in [0.717, 1.165) is 18.8 Å². The van der Waals surface area contributed by atoms with E-state index in [2.05, 4.69) is 30.4 Å². The maximum atomic E-state index is 5.59. The molecule has 0 radical (unpaired) electrons. The maximum absolute atomic E-state index is 5.59. The number of nitrogens with one attached hydrogen (secondary N) is 1. The molecule has 2 aliphatic rings. The van der Waals surface area contributed by atoms with Crippen LogP contribution < -0.4 is 10.1 Å². The first-order chi connectivity index (χ1) is 9.81. The standard InChI is InChI=1S/C18H27NO/c1-2-18(10-4-3-5-12-19-18)11-8-15-6-7-17-16(14-15)9-13-20-17/h6-7,14,19H,2-5,8-13H2,1H3. The van der Waals surface area contributed by atoms with E-state index in [9.17, 15) is 0 Å². The summed E-state index contributed by atoms with van der Waals surface area (Å²) in [7, 11) is 0. The van der Waals surface area contributed by atoms with Crippen molar-refractivity contribution in [1.29, 1.82) is 0 Å². The first kappa shape index (κ1) is 13.9. The normalized spacial score (nSPS) is 25.9. The van der Waals surface area contributed by atoms with Gasteiger partial charge < -0.3 is 10.1 Å². The summed E-state index contributed by atoms with van der Waals surface area (Å²) in [6.07, 6.45) is 10.3. The molecule has 0 aliphatic carbocycles. The van der Waals surface area contributed by atoms with E-state index >= 15 is 0 Å². The predicted molar refractivity (Wildman–Crippen MR) is 83.5 cm³/mol. The molecule has 1 aromatic carbocycles. The zero-order chi connectivity index (χ0) is 13.8. The van der Waals surface area contributed by atoms with Crippen molar-refractivity contribution in [3.05, 3.63) is 29.3 Å². The first-order valence-corrected chi connectivity index (χ1v) is 8.31. The molecular formula is C18H27NO. The average molecular weight is 273 g/mol. The van der Waals surface area contributed by atoms with Crippen LogP contribution in [0, 0.1) is 0 Å². The molecule has 0 spiro atoms. The molecule has 0 amide bonds. The second-order valence-electron chi connectivity index (χ2n) is 6.41. The summed E-state index contributed by atoms with van der Waals surface area (Å²) in [5, 5.41) is 3.84. The molecule has 110 valence electrons. The summed E-state index contributed by atoms with van der Waals surface area (Å²) in [5.41, 5.74) is 3.27. The molecule has 2 nitrogen and oxygen atoms in total. The average Bonchev–Trinajstić information content (AvgIpc) is 2.82. The van der Waals surface area contributed by atoms with E-state index in [0.29, 0.717) is 5.54 Å². The van der Waals surface area contributed by atoms with Crippen molar-refractivity contribution in [3.8, 4) is 5.75 Å². The zero-order valence-corrected chi connectivity index (χ0v) is 12.7. The SMILES string of the molecule is CCC1(CCc2ccc3c(c2)CCO3)CCCCCN1. The summed E-state index contributed by atoms with van der Waals surface area (Å²) in [5.74, 6) is 1.10. The third-order valence-corrected chi connectivity index (χ3v) is 5.15. The highest BCUT2D eigenvalue weighted by molar-refractivity contribution is 5.39. The van der Waals surface area contributed by atoms with Crippen molar-refractivity contribution >= 4 is 0 Å². The quantitative estimate of drug-likeness (QED) is 0.899. The Morgan fingerprint density at radius 3 is 3.10 bits per heavy atom. The van der Waals surface area contributed by atoms with Gasteiger partial charge in [-0.3, -0.25) is 0 Å². The fourth-order valence-corrected chi connectivity index (χ4v) is 3.68. The van der Waals surface area contributed by atoms with Crippen LogP contribution in [0.1, 0.15) is 56.6 Å². The first-order valence-electron chi connectivity index (χ1n) is 8.31. The summed E-state index contributed by atoms with van der Waals surface area (Å²) < 4.78 is 5.59. The lowest BCUT2D eigenvalue weighted by atomic mass is 9.84.